The van der Waals surface area contributed by atoms with E-state index in [0.29, 0.717) is 17.1 Å². The normalized spacial score (nSPS) is 20.5. The Hall–Kier alpha value is -1.86. The largest absolute Gasteiger partial charge is 0.454 e. The van der Waals surface area contributed by atoms with Gasteiger partial charge in [-0.2, -0.15) is 0 Å². The molecule has 0 aromatic heterocycles. The van der Waals surface area contributed by atoms with Crippen LogP contribution in [0.15, 0.2) is 12.1 Å². The van der Waals surface area contributed by atoms with Crippen molar-refractivity contribution >= 4 is 5.69 Å². The lowest BCUT2D eigenvalue weighted by Crippen LogP contribution is -2.32. The number of fused-ring (bicyclic) bond motifs is 1. The third-order valence-electron chi connectivity index (χ3n) is 4.33. The summed E-state index contributed by atoms with van der Waals surface area (Å²) in [5.41, 5.74) is 6.26. The predicted octanol–water partition coefficient (Wildman–Crippen LogP) is 1.87. The predicted molar refractivity (Wildman–Crippen MR) is 74.1 cm³/mol. The molecular formula is C14H18N2O5. The number of hydrogen-bond acceptors (Lipinski definition) is 6. The fraction of sp³-hybridized carbons (Fsp3) is 0.571. The van der Waals surface area contributed by atoms with Crippen molar-refractivity contribution in [2.75, 3.05) is 6.79 Å². The van der Waals surface area contributed by atoms with E-state index in [1.54, 1.807) is 0 Å². The van der Waals surface area contributed by atoms with E-state index in [-0.39, 0.29) is 18.4 Å². The number of hydrogen-bond donors (Lipinski definition) is 2. The molecule has 0 amide bonds. The number of aliphatic hydroxyl groups excluding tert-OH is 1. The molecular weight excluding hydrogens is 276 g/mol. The van der Waals surface area contributed by atoms with Crippen molar-refractivity contribution in [1.82, 2.24) is 0 Å². The first-order valence-corrected chi connectivity index (χ1v) is 7.09. The fourth-order valence-corrected chi connectivity index (χ4v) is 3.15. The highest BCUT2D eigenvalue weighted by molar-refractivity contribution is 5.56. The van der Waals surface area contributed by atoms with Crippen LogP contribution in [0.1, 0.15) is 37.3 Å². The minimum atomic E-state index is -0.803. The molecule has 1 aliphatic carbocycles. The van der Waals surface area contributed by atoms with Gasteiger partial charge in [0.1, 0.15) is 0 Å². The maximum Gasteiger partial charge on any atom is 0.278 e. The lowest BCUT2D eigenvalue weighted by molar-refractivity contribution is -0.385. The van der Waals surface area contributed by atoms with Crippen LogP contribution in [0, 0.1) is 16.0 Å². The number of nitro groups is 1. The third-order valence-corrected chi connectivity index (χ3v) is 4.33. The van der Waals surface area contributed by atoms with E-state index in [4.69, 9.17) is 15.2 Å². The van der Waals surface area contributed by atoms with Gasteiger partial charge in [-0.15, -0.1) is 0 Å². The van der Waals surface area contributed by atoms with Gasteiger partial charge >= 0.3 is 0 Å². The van der Waals surface area contributed by atoms with Gasteiger partial charge in [-0.25, -0.2) is 0 Å². The summed E-state index contributed by atoms with van der Waals surface area (Å²) in [5, 5.41) is 21.6. The molecule has 2 atom stereocenters. The van der Waals surface area contributed by atoms with Crippen molar-refractivity contribution in [1.29, 1.82) is 0 Å². The van der Waals surface area contributed by atoms with Crippen LogP contribution >= 0.6 is 0 Å². The molecule has 3 N–H and O–H groups in total. The molecule has 1 aromatic rings. The minimum Gasteiger partial charge on any atom is -0.454 e. The molecule has 0 unspecified atom stereocenters. The highest BCUT2D eigenvalue weighted by Crippen LogP contribution is 2.42. The summed E-state index contributed by atoms with van der Waals surface area (Å²) in [7, 11) is 0. The summed E-state index contributed by atoms with van der Waals surface area (Å²) in [6.07, 6.45) is 3.17. The first-order valence-electron chi connectivity index (χ1n) is 7.09. The highest BCUT2D eigenvalue weighted by Gasteiger charge is 2.34. The molecule has 21 heavy (non-hydrogen) atoms. The van der Waals surface area contributed by atoms with Crippen LogP contribution in [0.2, 0.25) is 0 Å². The Kier molecular flexibility index (Phi) is 3.69. The molecule has 2 aliphatic rings. The summed E-state index contributed by atoms with van der Waals surface area (Å²) in [6, 6.07) is 2.03. The molecule has 1 heterocycles. The number of rotatable bonds is 4. The van der Waals surface area contributed by atoms with Crippen molar-refractivity contribution < 1.29 is 19.5 Å². The maximum atomic E-state index is 11.2. The van der Waals surface area contributed by atoms with E-state index in [1.165, 1.54) is 12.1 Å². The van der Waals surface area contributed by atoms with Crippen molar-refractivity contribution in [3.05, 3.63) is 27.8 Å². The van der Waals surface area contributed by atoms with Crippen molar-refractivity contribution in [2.45, 2.75) is 37.8 Å². The van der Waals surface area contributed by atoms with Crippen LogP contribution in [0.5, 0.6) is 11.5 Å². The molecule has 1 aromatic carbocycles. The SMILES string of the molecule is N[C@@H](c1cc2c(cc1[N+](=O)[O-])OCO2)[C@H](O)C1CCCC1. The van der Waals surface area contributed by atoms with Gasteiger partial charge in [0, 0.05) is 0 Å². The lowest BCUT2D eigenvalue weighted by atomic mass is 9.90. The Morgan fingerprint density at radius 2 is 1.90 bits per heavy atom. The van der Waals surface area contributed by atoms with Gasteiger partial charge in [0.15, 0.2) is 11.5 Å². The first kappa shape index (κ1) is 14.1. The molecule has 0 spiro atoms. The zero-order valence-electron chi connectivity index (χ0n) is 11.5. The third kappa shape index (κ3) is 2.54. The van der Waals surface area contributed by atoms with Crippen LogP contribution in [-0.2, 0) is 0 Å². The Labute approximate surface area is 121 Å². The Balaban J connectivity index is 1.94. The summed E-state index contributed by atoms with van der Waals surface area (Å²) in [6.45, 7) is 0.0381. The average Bonchev–Trinajstić information content (AvgIpc) is 3.14. The topological polar surface area (TPSA) is 108 Å². The molecule has 7 heteroatoms. The second-order valence-electron chi connectivity index (χ2n) is 5.58. The van der Waals surface area contributed by atoms with E-state index in [1.807, 2.05) is 0 Å². The van der Waals surface area contributed by atoms with Crippen molar-refractivity contribution in [2.24, 2.45) is 11.7 Å². The first-order chi connectivity index (χ1) is 10.1. The van der Waals surface area contributed by atoms with Gasteiger partial charge in [-0.3, -0.25) is 10.1 Å². The number of benzene rings is 1. The van der Waals surface area contributed by atoms with E-state index in [0.717, 1.165) is 25.7 Å². The zero-order valence-corrected chi connectivity index (χ0v) is 11.5. The zero-order chi connectivity index (χ0) is 15.0. The summed E-state index contributed by atoms with van der Waals surface area (Å²) < 4.78 is 10.4. The van der Waals surface area contributed by atoms with E-state index >= 15 is 0 Å². The smallest absolute Gasteiger partial charge is 0.278 e. The number of nitrogens with zero attached hydrogens (tertiary/aromatic N) is 1. The Bertz CT molecular complexity index is 557. The summed E-state index contributed by atoms with van der Waals surface area (Å²) >= 11 is 0. The second-order valence-corrected chi connectivity index (χ2v) is 5.58. The van der Waals surface area contributed by atoms with Crippen LogP contribution in [0.25, 0.3) is 0 Å². The number of nitrogens with two attached hydrogens (primary N) is 1. The van der Waals surface area contributed by atoms with Gasteiger partial charge < -0.3 is 20.3 Å². The van der Waals surface area contributed by atoms with Crippen LogP contribution in [0.3, 0.4) is 0 Å². The van der Waals surface area contributed by atoms with Gasteiger partial charge in [-0.1, -0.05) is 12.8 Å². The van der Waals surface area contributed by atoms with E-state index in [9.17, 15) is 15.2 Å². The fourth-order valence-electron chi connectivity index (χ4n) is 3.15. The van der Waals surface area contributed by atoms with E-state index in [2.05, 4.69) is 0 Å². The summed E-state index contributed by atoms with van der Waals surface area (Å²) in [5.74, 6) is 0.878. The molecule has 1 fully saturated rings. The number of ether oxygens (including phenoxy) is 2. The molecule has 0 bridgehead atoms. The number of aliphatic hydroxyl groups is 1. The van der Waals surface area contributed by atoms with Gasteiger partial charge in [0.25, 0.3) is 5.69 Å². The lowest BCUT2D eigenvalue weighted by Gasteiger charge is -2.24. The molecule has 1 aliphatic heterocycles. The van der Waals surface area contributed by atoms with Gasteiger partial charge in [0.05, 0.1) is 28.7 Å². The molecule has 0 saturated heterocycles. The van der Waals surface area contributed by atoms with Crippen LogP contribution < -0.4 is 15.2 Å². The van der Waals surface area contributed by atoms with Crippen molar-refractivity contribution in [3.63, 3.8) is 0 Å². The highest BCUT2D eigenvalue weighted by atomic mass is 16.7. The maximum absolute atomic E-state index is 11.2. The summed E-state index contributed by atoms with van der Waals surface area (Å²) in [4.78, 5) is 10.7. The second kappa shape index (κ2) is 5.50. The Morgan fingerprint density at radius 1 is 1.29 bits per heavy atom. The van der Waals surface area contributed by atoms with Gasteiger partial charge in [0.2, 0.25) is 6.79 Å². The molecule has 114 valence electrons. The monoisotopic (exact) mass is 294 g/mol. The van der Waals surface area contributed by atoms with Crippen molar-refractivity contribution in [3.8, 4) is 11.5 Å². The molecule has 7 nitrogen and oxygen atoms in total. The van der Waals surface area contributed by atoms with Crippen LogP contribution in [-0.4, -0.2) is 22.9 Å². The Morgan fingerprint density at radius 3 is 2.52 bits per heavy atom. The average molecular weight is 294 g/mol. The number of nitro benzene ring substituents is 1. The molecule has 3 rings (SSSR count). The molecule has 1 saturated carbocycles. The standard InChI is InChI=1S/C14H18N2O5/c15-13(14(17)8-3-1-2-4-8)9-5-11-12(21-7-20-11)6-10(9)16(18)19/h5-6,8,13-14,17H,1-4,7,15H2/t13-,14+/m0/s1. The van der Waals surface area contributed by atoms with E-state index < -0.39 is 17.1 Å². The van der Waals surface area contributed by atoms with Crippen LogP contribution in [0.4, 0.5) is 5.69 Å². The minimum absolute atomic E-state index is 0.0381. The molecule has 0 radical (unpaired) electrons. The quantitative estimate of drug-likeness (QED) is 0.648. The van der Waals surface area contributed by atoms with Gasteiger partial charge in [-0.05, 0) is 24.8 Å².